The van der Waals surface area contributed by atoms with Crippen LogP contribution in [0.5, 0.6) is 11.5 Å². The van der Waals surface area contributed by atoms with Crippen molar-refractivity contribution in [3.8, 4) is 22.2 Å². The Hall–Kier alpha value is -3.13. The van der Waals surface area contributed by atoms with Crippen LogP contribution in [0.2, 0.25) is 0 Å². The first-order valence-electron chi connectivity index (χ1n) is 8.12. The highest BCUT2D eigenvalue weighted by Crippen LogP contribution is 2.33. The molecule has 3 aromatic rings. The number of amides is 1. The van der Waals surface area contributed by atoms with Gasteiger partial charge in [-0.15, -0.1) is 11.3 Å². The summed E-state index contributed by atoms with van der Waals surface area (Å²) in [6.07, 6.45) is 3.18. The van der Waals surface area contributed by atoms with Crippen molar-refractivity contribution in [1.29, 1.82) is 0 Å². The van der Waals surface area contributed by atoms with Crippen LogP contribution in [0.15, 0.2) is 34.9 Å². The molecule has 1 amide bonds. The van der Waals surface area contributed by atoms with E-state index in [9.17, 15) is 4.79 Å². The van der Waals surface area contributed by atoms with E-state index >= 15 is 0 Å². The summed E-state index contributed by atoms with van der Waals surface area (Å²) in [6, 6.07) is 7.28. The van der Waals surface area contributed by atoms with Gasteiger partial charge in [-0.3, -0.25) is 4.79 Å². The minimum Gasteiger partial charge on any atom is -0.493 e. The molecule has 0 spiro atoms. The van der Waals surface area contributed by atoms with Crippen LogP contribution in [-0.2, 0) is 4.79 Å². The van der Waals surface area contributed by atoms with Crippen molar-refractivity contribution in [2.24, 2.45) is 0 Å². The number of hydrogen-bond acceptors (Lipinski definition) is 7. The Labute approximate surface area is 160 Å². The Balaban J connectivity index is 1.71. The molecule has 0 aliphatic rings. The van der Waals surface area contributed by atoms with Crippen molar-refractivity contribution in [1.82, 2.24) is 10.1 Å². The predicted molar refractivity (Wildman–Crippen MR) is 104 cm³/mol. The number of rotatable bonds is 6. The number of aryl methyl sites for hydroxylation is 2. The van der Waals surface area contributed by atoms with Crippen LogP contribution in [0.3, 0.4) is 0 Å². The Morgan fingerprint density at radius 2 is 1.96 bits per heavy atom. The fourth-order valence-corrected chi connectivity index (χ4v) is 3.32. The number of nitrogens with zero attached hydrogens (tertiary/aromatic N) is 2. The molecule has 0 bridgehead atoms. The van der Waals surface area contributed by atoms with Gasteiger partial charge in [-0.25, -0.2) is 0 Å². The van der Waals surface area contributed by atoms with E-state index < -0.39 is 0 Å². The van der Waals surface area contributed by atoms with Gasteiger partial charge in [0.05, 0.1) is 24.8 Å². The fraction of sp³-hybridized carbons (Fsp3) is 0.211. The Bertz CT molecular complexity index is 991. The van der Waals surface area contributed by atoms with Gasteiger partial charge in [-0.1, -0.05) is 11.2 Å². The summed E-state index contributed by atoms with van der Waals surface area (Å²) in [5.74, 6) is 2.02. The first kappa shape index (κ1) is 18.7. The average molecular weight is 385 g/mol. The second-order valence-corrected chi connectivity index (χ2v) is 6.91. The lowest BCUT2D eigenvalue weighted by Gasteiger charge is -2.07. The summed E-state index contributed by atoms with van der Waals surface area (Å²) in [7, 11) is 3.15. The van der Waals surface area contributed by atoms with E-state index in [0.29, 0.717) is 23.2 Å². The van der Waals surface area contributed by atoms with Crippen LogP contribution < -0.4 is 14.8 Å². The number of anilines is 1. The molecule has 0 fully saturated rings. The van der Waals surface area contributed by atoms with Gasteiger partial charge in [0, 0.05) is 17.9 Å². The predicted octanol–water partition coefficient (Wildman–Crippen LogP) is 4.08. The second kappa shape index (κ2) is 8.05. The summed E-state index contributed by atoms with van der Waals surface area (Å²) in [5, 5.41) is 6.77. The monoisotopic (exact) mass is 385 g/mol. The third-order valence-electron chi connectivity index (χ3n) is 3.76. The molecule has 140 valence electrons. The Morgan fingerprint density at radius 3 is 2.63 bits per heavy atom. The van der Waals surface area contributed by atoms with Crippen LogP contribution in [0.1, 0.15) is 16.3 Å². The molecule has 27 heavy (non-hydrogen) atoms. The van der Waals surface area contributed by atoms with Gasteiger partial charge in [0.25, 0.3) is 0 Å². The molecule has 2 heterocycles. The number of nitrogens with one attached hydrogen (secondary N) is 1. The quantitative estimate of drug-likeness (QED) is 0.643. The number of hydrogen-bond donors (Lipinski definition) is 1. The van der Waals surface area contributed by atoms with E-state index in [4.69, 9.17) is 14.0 Å². The topological polar surface area (TPSA) is 86.5 Å². The van der Waals surface area contributed by atoms with Crippen LogP contribution in [0.25, 0.3) is 16.8 Å². The fourth-order valence-electron chi connectivity index (χ4n) is 2.42. The van der Waals surface area contributed by atoms with Gasteiger partial charge in [-0.2, -0.15) is 4.98 Å². The Morgan fingerprint density at radius 1 is 1.19 bits per heavy atom. The first-order valence-corrected chi connectivity index (χ1v) is 8.94. The summed E-state index contributed by atoms with van der Waals surface area (Å²) in [4.78, 5) is 18.3. The van der Waals surface area contributed by atoms with Crippen LogP contribution in [-0.4, -0.2) is 30.3 Å². The van der Waals surface area contributed by atoms with Gasteiger partial charge in [0.15, 0.2) is 11.5 Å². The van der Waals surface area contributed by atoms with Crippen LogP contribution in [0, 0.1) is 13.8 Å². The summed E-state index contributed by atoms with van der Waals surface area (Å²) >= 11 is 1.49. The SMILES string of the molecule is COc1ccc(/C=C/C(=O)Nc2cc(-c3noc(C)n3)sc2C)cc1OC. The van der Waals surface area contributed by atoms with Crippen LogP contribution >= 0.6 is 11.3 Å². The van der Waals surface area contributed by atoms with Gasteiger partial charge < -0.3 is 19.3 Å². The Kier molecular flexibility index (Phi) is 5.56. The van der Waals surface area contributed by atoms with E-state index in [2.05, 4.69) is 15.5 Å². The van der Waals surface area contributed by atoms with Gasteiger partial charge >= 0.3 is 0 Å². The van der Waals surface area contributed by atoms with Crippen molar-refractivity contribution in [3.05, 3.63) is 46.7 Å². The zero-order valence-corrected chi connectivity index (χ0v) is 16.2. The van der Waals surface area contributed by atoms with Crippen molar-refractivity contribution >= 4 is 29.0 Å². The smallest absolute Gasteiger partial charge is 0.248 e. The summed E-state index contributed by atoms with van der Waals surface area (Å²) < 4.78 is 15.5. The normalized spacial score (nSPS) is 11.0. The minimum absolute atomic E-state index is 0.235. The minimum atomic E-state index is -0.235. The molecule has 8 heteroatoms. The number of thiophene rings is 1. The molecule has 1 aromatic carbocycles. The van der Waals surface area contributed by atoms with E-state index in [-0.39, 0.29) is 5.91 Å². The lowest BCUT2D eigenvalue weighted by atomic mass is 10.2. The van der Waals surface area contributed by atoms with Crippen molar-refractivity contribution in [3.63, 3.8) is 0 Å². The maximum absolute atomic E-state index is 12.3. The zero-order chi connectivity index (χ0) is 19.4. The van der Waals surface area contributed by atoms with E-state index in [1.54, 1.807) is 39.4 Å². The van der Waals surface area contributed by atoms with Gasteiger partial charge in [0.1, 0.15) is 0 Å². The molecule has 7 nitrogen and oxygen atoms in total. The maximum atomic E-state index is 12.3. The van der Waals surface area contributed by atoms with Crippen molar-refractivity contribution in [2.45, 2.75) is 13.8 Å². The van der Waals surface area contributed by atoms with Gasteiger partial charge in [0.2, 0.25) is 17.6 Å². The standard InChI is InChI=1S/C19H19N3O4S/c1-11-14(10-17(27-11)19-20-12(2)26-22-19)21-18(23)8-6-13-5-7-15(24-3)16(9-13)25-4/h5-10H,1-4H3,(H,21,23)/b8-6+. The number of aromatic nitrogens is 2. The van der Waals surface area contributed by atoms with E-state index in [1.807, 2.05) is 19.1 Å². The molecule has 0 saturated carbocycles. The van der Waals surface area contributed by atoms with Crippen molar-refractivity contribution < 1.29 is 18.8 Å². The highest BCUT2D eigenvalue weighted by Gasteiger charge is 2.13. The molecule has 0 saturated heterocycles. The molecule has 0 unspecified atom stereocenters. The molecule has 2 aromatic heterocycles. The molecule has 1 N–H and O–H groups in total. The third kappa shape index (κ3) is 4.35. The van der Waals surface area contributed by atoms with E-state index in [1.165, 1.54) is 17.4 Å². The first-order chi connectivity index (χ1) is 13.0. The number of ether oxygens (including phenoxy) is 2. The molecule has 0 aliphatic carbocycles. The number of methoxy groups -OCH3 is 2. The number of carbonyl (C=O) groups excluding carboxylic acids is 1. The number of benzene rings is 1. The summed E-state index contributed by atoms with van der Waals surface area (Å²) in [5.41, 5.74) is 1.55. The maximum Gasteiger partial charge on any atom is 0.248 e. The highest BCUT2D eigenvalue weighted by atomic mass is 32.1. The van der Waals surface area contributed by atoms with Crippen LogP contribution in [0.4, 0.5) is 5.69 Å². The second-order valence-electron chi connectivity index (χ2n) is 5.65. The molecule has 3 rings (SSSR count). The van der Waals surface area contributed by atoms with E-state index in [0.717, 1.165) is 21.0 Å². The average Bonchev–Trinajstić information content (AvgIpc) is 3.25. The lowest BCUT2D eigenvalue weighted by Crippen LogP contribution is -2.07. The zero-order valence-electron chi connectivity index (χ0n) is 15.4. The molecule has 0 aliphatic heterocycles. The number of carbonyl (C=O) groups is 1. The highest BCUT2D eigenvalue weighted by molar-refractivity contribution is 7.16. The third-order valence-corrected chi connectivity index (χ3v) is 4.80. The summed E-state index contributed by atoms with van der Waals surface area (Å²) in [6.45, 7) is 3.66. The molecule has 0 radical (unpaired) electrons. The molecule has 0 atom stereocenters. The van der Waals surface area contributed by atoms with Gasteiger partial charge in [-0.05, 0) is 36.8 Å². The molecular formula is C19H19N3O4S. The lowest BCUT2D eigenvalue weighted by molar-refractivity contribution is -0.111. The van der Waals surface area contributed by atoms with Crippen molar-refractivity contribution in [2.75, 3.05) is 19.5 Å². The molecular weight excluding hydrogens is 366 g/mol. The largest absolute Gasteiger partial charge is 0.493 e.